The highest BCUT2D eigenvalue weighted by molar-refractivity contribution is 6.32. The summed E-state index contributed by atoms with van der Waals surface area (Å²) in [5.41, 5.74) is -0.152. The first-order valence-electron chi connectivity index (χ1n) is 6.20. The molecule has 0 aromatic carbocycles. The quantitative estimate of drug-likeness (QED) is 0.567. The molecule has 1 unspecified atom stereocenters. The molecule has 1 aromatic rings. The van der Waals surface area contributed by atoms with E-state index in [0.29, 0.717) is 18.7 Å². The van der Waals surface area contributed by atoms with Gasteiger partial charge >= 0.3 is 5.97 Å². The summed E-state index contributed by atoms with van der Waals surface area (Å²) in [4.78, 5) is 23.0. The van der Waals surface area contributed by atoms with Crippen LogP contribution in [-0.4, -0.2) is 40.6 Å². The molecule has 1 heterocycles. The molecule has 0 spiro atoms. The van der Waals surface area contributed by atoms with Gasteiger partial charge in [-0.3, -0.25) is 9.59 Å². The molecule has 20 heavy (non-hydrogen) atoms. The second-order valence-electron chi connectivity index (χ2n) is 4.33. The highest BCUT2D eigenvalue weighted by Gasteiger charge is 2.11. The van der Waals surface area contributed by atoms with E-state index in [1.54, 1.807) is 6.92 Å². The van der Waals surface area contributed by atoms with Crippen LogP contribution in [-0.2, 0) is 16.1 Å². The fourth-order valence-electron chi connectivity index (χ4n) is 1.51. The molecule has 0 amide bonds. The number of aliphatic hydroxyl groups excluding tert-OH is 1. The van der Waals surface area contributed by atoms with Crippen molar-refractivity contribution < 1.29 is 14.6 Å². The van der Waals surface area contributed by atoms with Gasteiger partial charge in [0.1, 0.15) is 11.6 Å². The van der Waals surface area contributed by atoms with Crippen molar-refractivity contribution in [1.29, 1.82) is 0 Å². The minimum absolute atomic E-state index is 0.0269. The number of hydrogen-bond donors (Lipinski definition) is 2. The van der Waals surface area contributed by atoms with Crippen LogP contribution >= 0.6 is 11.6 Å². The molecule has 0 aliphatic rings. The van der Waals surface area contributed by atoms with Crippen LogP contribution in [0, 0.1) is 0 Å². The van der Waals surface area contributed by atoms with Gasteiger partial charge in [0.25, 0.3) is 5.56 Å². The van der Waals surface area contributed by atoms with Gasteiger partial charge in [-0.15, -0.1) is 0 Å². The van der Waals surface area contributed by atoms with Gasteiger partial charge < -0.3 is 15.2 Å². The lowest BCUT2D eigenvalue weighted by Gasteiger charge is -2.10. The number of methoxy groups -OCH3 is 1. The molecular weight excluding hydrogens is 286 g/mol. The summed E-state index contributed by atoms with van der Waals surface area (Å²) < 4.78 is 5.40. The lowest BCUT2D eigenvalue weighted by Crippen LogP contribution is -2.28. The fourth-order valence-corrected chi connectivity index (χ4v) is 1.72. The number of halogens is 1. The molecular formula is C12H18ClN3O4. The minimum atomic E-state index is -0.576. The topological polar surface area (TPSA) is 93.5 Å². The van der Waals surface area contributed by atoms with Crippen LogP contribution in [0.5, 0.6) is 0 Å². The first-order chi connectivity index (χ1) is 9.45. The first-order valence-corrected chi connectivity index (χ1v) is 6.58. The molecule has 7 nitrogen and oxygen atoms in total. The number of anilines is 1. The standard InChI is InChI=1S/C12H18ClN3O4/c1-8(17)4-3-5-14-9-6-15-16(7-10(18)20-2)12(19)11(9)13/h6,8,14,17H,3-5,7H2,1-2H3. The van der Waals surface area contributed by atoms with E-state index >= 15 is 0 Å². The first kappa shape index (κ1) is 16.5. The summed E-state index contributed by atoms with van der Waals surface area (Å²) in [5, 5.41) is 15.9. The number of ether oxygens (including phenoxy) is 1. The van der Waals surface area contributed by atoms with Crippen molar-refractivity contribution in [2.75, 3.05) is 19.0 Å². The van der Waals surface area contributed by atoms with Crippen LogP contribution in [0.25, 0.3) is 0 Å². The smallest absolute Gasteiger partial charge is 0.327 e. The molecule has 1 rings (SSSR count). The monoisotopic (exact) mass is 303 g/mol. The normalized spacial score (nSPS) is 12.0. The Bertz CT molecular complexity index is 516. The third-order valence-electron chi connectivity index (χ3n) is 2.61. The Kier molecular flexibility index (Phi) is 6.47. The van der Waals surface area contributed by atoms with Crippen molar-refractivity contribution in [3.63, 3.8) is 0 Å². The maximum absolute atomic E-state index is 11.9. The van der Waals surface area contributed by atoms with Gasteiger partial charge in [0.2, 0.25) is 0 Å². The second-order valence-corrected chi connectivity index (χ2v) is 4.71. The lowest BCUT2D eigenvalue weighted by atomic mass is 10.2. The number of hydrogen-bond acceptors (Lipinski definition) is 6. The molecule has 0 aliphatic heterocycles. The average molecular weight is 304 g/mol. The number of esters is 1. The summed E-state index contributed by atoms with van der Waals surface area (Å²) in [6.45, 7) is 1.99. The van der Waals surface area contributed by atoms with Gasteiger partial charge in [-0.25, -0.2) is 4.68 Å². The van der Waals surface area contributed by atoms with Crippen molar-refractivity contribution in [3.05, 3.63) is 21.6 Å². The number of carbonyl (C=O) groups excluding carboxylic acids is 1. The maximum atomic E-state index is 11.9. The summed E-state index contributed by atoms with van der Waals surface area (Å²) >= 11 is 5.93. The molecule has 2 N–H and O–H groups in total. The van der Waals surface area contributed by atoms with Crippen molar-refractivity contribution in [1.82, 2.24) is 9.78 Å². The molecule has 1 atom stereocenters. The molecule has 112 valence electrons. The predicted octanol–water partition coefficient (Wildman–Crippen LogP) is 0.643. The van der Waals surface area contributed by atoms with Crippen LogP contribution < -0.4 is 10.9 Å². The summed E-state index contributed by atoms with van der Waals surface area (Å²) in [5.74, 6) is -0.576. The number of nitrogens with one attached hydrogen (secondary N) is 1. The Balaban J connectivity index is 2.69. The molecule has 0 fully saturated rings. The van der Waals surface area contributed by atoms with Crippen LogP contribution in [0.1, 0.15) is 19.8 Å². The Hall–Kier alpha value is -1.60. The maximum Gasteiger partial charge on any atom is 0.327 e. The molecule has 0 saturated carbocycles. The second kappa shape index (κ2) is 7.86. The van der Waals surface area contributed by atoms with Gasteiger partial charge in [0.15, 0.2) is 0 Å². The van der Waals surface area contributed by atoms with Gasteiger partial charge in [-0.05, 0) is 19.8 Å². The van der Waals surface area contributed by atoms with E-state index in [1.807, 2.05) is 0 Å². The van der Waals surface area contributed by atoms with E-state index in [0.717, 1.165) is 11.1 Å². The number of carbonyl (C=O) groups is 1. The van der Waals surface area contributed by atoms with Gasteiger partial charge in [0.05, 0.1) is 25.1 Å². The molecule has 0 saturated heterocycles. The van der Waals surface area contributed by atoms with Crippen LogP contribution in [0.4, 0.5) is 5.69 Å². The Morgan fingerprint density at radius 2 is 2.35 bits per heavy atom. The van der Waals surface area contributed by atoms with Crippen LogP contribution in [0.15, 0.2) is 11.0 Å². The van der Waals surface area contributed by atoms with Gasteiger partial charge in [0, 0.05) is 6.54 Å². The van der Waals surface area contributed by atoms with Gasteiger partial charge in [-0.2, -0.15) is 5.10 Å². The van der Waals surface area contributed by atoms with E-state index in [4.69, 9.17) is 16.7 Å². The highest BCUT2D eigenvalue weighted by Crippen LogP contribution is 2.15. The third-order valence-corrected chi connectivity index (χ3v) is 2.97. The minimum Gasteiger partial charge on any atom is -0.468 e. The SMILES string of the molecule is COC(=O)Cn1ncc(NCCCC(C)O)c(Cl)c1=O. The lowest BCUT2D eigenvalue weighted by molar-refractivity contribution is -0.141. The van der Waals surface area contributed by atoms with E-state index in [1.165, 1.54) is 13.3 Å². The van der Waals surface area contributed by atoms with Crippen molar-refractivity contribution in [2.24, 2.45) is 0 Å². The largest absolute Gasteiger partial charge is 0.468 e. The zero-order valence-electron chi connectivity index (χ0n) is 11.4. The summed E-state index contributed by atoms with van der Waals surface area (Å²) in [7, 11) is 1.23. The Labute approximate surface area is 121 Å². The third kappa shape index (κ3) is 4.82. The zero-order chi connectivity index (χ0) is 15.1. The number of rotatable bonds is 7. The molecule has 0 aliphatic carbocycles. The average Bonchev–Trinajstić information content (AvgIpc) is 2.41. The van der Waals surface area contributed by atoms with E-state index < -0.39 is 11.5 Å². The molecule has 0 bridgehead atoms. The van der Waals surface area contributed by atoms with Gasteiger partial charge in [-0.1, -0.05) is 11.6 Å². The molecule has 8 heteroatoms. The highest BCUT2D eigenvalue weighted by atomic mass is 35.5. The van der Waals surface area contributed by atoms with Crippen molar-refractivity contribution in [2.45, 2.75) is 32.4 Å². The van der Waals surface area contributed by atoms with Crippen molar-refractivity contribution in [3.8, 4) is 0 Å². The Morgan fingerprint density at radius 3 is 2.95 bits per heavy atom. The van der Waals surface area contributed by atoms with E-state index in [-0.39, 0.29) is 17.7 Å². The number of aromatic nitrogens is 2. The zero-order valence-corrected chi connectivity index (χ0v) is 12.2. The van der Waals surface area contributed by atoms with Crippen LogP contribution in [0.2, 0.25) is 5.02 Å². The Morgan fingerprint density at radius 1 is 1.65 bits per heavy atom. The number of nitrogens with zero attached hydrogens (tertiary/aromatic N) is 2. The fraction of sp³-hybridized carbons (Fsp3) is 0.583. The number of aliphatic hydroxyl groups is 1. The predicted molar refractivity (Wildman–Crippen MR) is 74.9 cm³/mol. The van der Waals surface area contributed by atoms with Crippen molar-refractivity contribution >= 4 is 23.3 Å². The molecule has 0 radical (unpaired) electrons. The molecule has 1 aromatic heterocycles. The summed E-state index contributed by atoms with van der Waals surface area (Å²) in [6.07, 6.45) is 2.41. The van der Waals surface area contributed by atoms with E-state index in [2.05, 4.69) is 15.2 Å². The van der Waals surface area contributed by atoms with E-state index in [9.17, 15) is 9.59 Å². The summed E-state index contributed by atoms with van der Waals surface area (Å²) in [6, 6.07) is 0. The van der Waals surface area contributed by atoms with Crippen LogP contribution in [0.3, 0.4) is 0 Å².